The normalized spacial score (nSPS) is 11.4. The Balaban J connectivity index is 0.00000364. The molecule has 0 radical (unpaired) electrons. The first kappa shape index (κ1) is 22.9. The zero-order valence-electron chi connectivity index (χ0n) is 16.4. The number of benzene rings is 1. The number of ether oxygens (including phenoxy) is 2. The maximum Gasteiger partial charge on any atom is 0.222 e. The molecule has 2 rings (SSSR count). The Morgan fingerprint density at radius 2 is 2.04 bits per heavy atom. The van der Waals surface area contributed by atoms with Crippen molar-refractivity contribution in [3.8, 4) is 11.5 Å². The van der Waals surface area contributed by atoms with Crippen LogP contribution in [0.15, 0.2) is 18.3 Å². The summed E-state index contributed by atoms with van der Waals surface area (Å²) in [6.07, 6.45) is 3.30. The molecule has 0 saturated heterocycles. The molecule has 0 aliphatic heterocycles. The fourth-order valence-corrected chi connectivity index (χ4v) is 2.84. The van der Waals surface area contributed by atoms with E-state index in [9.17, 15) is 5.11 Å². The van der Waals surface area contributed by atoms with Gasteiger partial charge in [0.05, 0.1) is 26.0 Å². The van der Waals surface area contributed by atoms with Crippen LogP contribution in [0.2, 0.25) is 0 Å². The summed E-state index contributed by atoms with van der Waals surface area (Å²) in [5.74, 6) is 2.00. The van der Waals surface area contributed by atoms with E-state index in [-0.39, 0.29) is 32.1 Å². The molecule has 0 aliphatic carbocycles. The molecule has 0 fully saturated rings. The summed E-state index contributed by atoms with van der Waals surface area (Å²) in [5, 5.41) is 12.7. The van der Waals surface area contributed by atoms with Gasteiger partial charge in [-0.2, -0.15) is 18.5 Å². The van der Waals surface area contributed by atoms with Crippen molar-refractivity contribution >= 4 is 25.3 Å². The smallest absolute Gasteiger partial charge is 0.222 e. The average Bonchev–Trinajstić information content (AvgIpc) is 2.62. The van der Waals surface area contributed by atoms with Gasteiger partial charge in [-0.1, -0.05) is 25.5 Å². The van der Waals surface area contributed by atoms with Gasteiger partial charge in [0.15, 0.2) is 11.6 Å². The van der Waals surface area contributed by atoms with Crippen LogP contribution < -0.4 is 20.5 Å². The number of hydrogen-bond donors (Lipinski definition) is 3. The van der Waals surface area contributed by atoms with Crippen LogP contribution in [0, 0.1) is 13.8 Å². The van der Waals surface area contributed by atoms with Gasteiger partial charge < -0.3 is 25.6 Å². The molecular formula is C19H30N4O3S. The molecule has 1 aromatic carbocycles. The van der Waals surface area contributed by atoms with E-state index < -0.39 is 0 Å². The zero-order valence-corrected chi connectivity index (χ0v) is 17.4. The van der Waals surface area contributed by atoms with Gasteiger partial charge in [0.2, 0.25) is 5.95 Å². The second-order valence-corrected chi connectivity index (χ2v) is 6.24. The summed E-state index contributed by atoms with van der Waals surface area (Å²) in [6, 6.07) is 3.91. The monoisotopic (exact) mass is 394 g/mol. The lowest BCUT2D eigenvalue weighted by Gasteiger charge is -2.19. The van der Waals surface area contributed by atoms with E-state index in [2.05, 4.69) is 22.2 Å². The van der Waals surface area contributed by atoms with Crippen molar-refractivity contribution in [3.05, 3.63) is 35.0 Å². The number of nitrogens with one attached hydrogen (secondary N) is 1. The number of nitrogens with zero attached hydrogens (tertiary/aromatic N) is 2. The minimum atomic E-state index is -0.113. The van der Waals surface area contributed by atoms with E-state index in [1.54, 1.807) is 13.3 Å². The highest BCUT2D eigenvalue weighted by Crippen LogP contribution is 2.28. The van der Waals surface area contributed by atoms with Crippen LogP contribution in [-0.2, 0) is 6.61 Å². The average molecular weight is 395 g/mol. The fraction of sp³-hybridized carbons (Fsp3) is 0.474. The molecule has 0 spiro atoms. The van der Waals surface area contributed by atoms with Gasteiger partial charge in [0, 0.05) is 0 Å². The number of hydrogen-bond acceptors (Lipinski definition) is 7. The number of nitrogens with two attached hydrogens (primary N) is 1. The quantitative estimate of drug-likeness (QED) is 0.601. The minimum Gasteiger partial charge on any atom is -0.496 e. The van der Waals surface area contributed by atoms with Gasteiger partial charge in [-0.05, 0) is 37.0 Å². The van der Waals surface area contributed by atoms with Crippen LogP contribution in [0.4, 0.5) is 11.8 Å². The van der Waals surface area contributed by atoms with Crippen molar-refractivity contribution in [2.24, 2.45) is 0 Å². The van der Waals surface area contributed by atoms with Crippen LogP contribution in [0.1, 0.15) is 36.5 Å². The first-order valence-electron chi connectivity index (χ1n) is 8.75. The van der Waals surface area contributed by atoms with E-state index in [4.69, 9.17) is 15.2 Å². The third-order valence-electron chi connectivity index (χ3n) is 4.27. The lowest BCUT2D eigenvalue weighted by molar-refractivity contribution is 0.266. The van der Waals surface area contributed by atoms with Crippen molar-refractivity contribution in [2.45, 2.75) is 46.3 Å². The molecule has 2 aromatic rings. The third-order valence-corrected chi connectivity index (χ3v) is 4.27. The summed E-state index contributed by atoms with van der Waals surface area (Å²) in [4.78, 5) is 8.24. The molecule has 27 heavy (non-hydrogen) atoms. The molecule has 1 heterocycles. The Morgan fingerprint density at radius 1 is 1.30 bits per heavy atom. The van der Waals surface area contributed by atoms with E-state index in [1.165, 1.54) is 0 Å². The molecule has 4 N–H and O–H groups in total. The number of nitrogen functional groups attached to an aromatic ring is 1. The standard InChI is InChI=1S/C19H28N4O3.H2S/c1-5-6-15(10-24)22-18-16(9-21-19(20)23-18)26-11-14-8-7-12(2)17(25-4)13(14)3;/h7-9,15,24H,5-6,10-11H2,1-4H3,(H3,20,21,22,23);1H2/t15-;/m0./s1. The summed E-state index contributed by atoms with van der Waals surface area (Å²) in [6.45, 7) is 6.43. The van der Waals surface area contributed by atoms with Gasteiger partial charge in [0.1, 0.15) is 12.4 Å². The van der Waals surface area contributed by atoms with Crippen LogP contribution in [-0.4, -0.2) is 34.8 Å². The van der Waals surface area contributed by atoms with Crippen LogP contribution in [0.5, 0.6) is 11.5 Å². The topological polar surface area (TPSA) is 103 Å². The maximum atomic E-state index is 9.51. The number of aliphatic hydroxyl groups excluding tert-OH is 1. The minimum absolute atomic E-state index is 0. The predicted octanol–water partition coefficient (Wildman–Crippen LogP) is 2.95. The Labute approximate surface area is 167 Å². The Morgan fingerprint density at radius 3 is 2.67 bits per heavy atom. The second kappa shape index (κ2) is 10.8. The molecule has 1 aromatic heterocycles. The molecule has 0 amide bonds. The highest BCUT2D eigenvalue weighted by atomic mass is 32.1. The summed E-state index contributed by atoms with van der Waals surface area (Å²) < 4.78 is 11.4. The Kier molecular flexibility index (Phi) is 9.17. The van der Waals surface area contributed by atoms with Gasteiger partial charge in [-0.15, -0.1) is 0 Å². The molecule has 1 atom stereocenters. The van der Waals surface area contributed by atoms with E-state index in [1.807, 2.05) is 26.0 Å². The first-order valence-corrected chi connectivity index (χ1v) is 8.75. The highest BCUT2D eigenvalue weighted by Gasteiger charge is 2.14. The number of anilines is 2. The van der Waals surface area contributed by atoms with E-state index >= 15 is 0 Å². The predicted molar refractivity (Wildman–Crippen MR) is 113 cm³/mol. The number of aliphatic hydroxyl groups is 1. The number of aromatic nitrogens is 2. The van der Waals surface area contributed by atoms with Gasteiger partial charge in [-0.25, -0.2) is 4.98 Å². The largest absolute Gasteiger partial charge is 0.496 e. The summed E-state index contributed by atoms with van der Waals surface area (Å²) in [5.41, 5.74) is 8.84. The Bertz CT molecular complexity index is 743. The lowest BCUT2D eigenvalue weighted by Crippen LogP contribution is -2.24. The van der Waals surface area contributed by atoms with Crippen molar-refractivity contribution in [1.82, 2.24) is 9.97 Å². The zero-order chi connectivity index (χ0) is 19.1. The van der Waals surface area contributed by atoms with Crippen molar-refractivity contribution in [3.63, 3.8) is 0 Å². The molecule has 7 nitrogen and oxygen atoms in total. The lowest BCUT2D eigenvalue weighted by atomic mass is 10.0. The third kappa shape index (κ3) is 5.90. The van der Waals surface area contributed by atoms with Crippen LogP contribution >= 0.6 is 13.5 Å². The van der Waals surface area contributed by atoms with Gasteiger partial charge >= 0.3 is 0 Å². The molecule has 0 unspecified atom stereocenters. The summed E-state index contributed by atoms with van der Waals surface area (Å²) >= 11 is 0. The SMILES string of the molecule is CCC[C@@H](CO)Nc1nc(N)ncc1OCc1ccc(C)c(OC)c1C.S. The van der Waals surface area contributed by atoms with Crippen molar-refractivity contribution < 1.29 is 14.6 Å². The van der Waals surface area contributed by atoms with Gasteiger partial charge in [0.25, 0.3) is 0 Å². The maximum absolute atomic E-state index is 9.51. The second-order valence-electron chi connectivity index (χ2n) is 6.24. The number of aryl methyl sites for hydroxylation is 1. The van der Waals surface area contributed by atoms with Crippen molar-refractivity contribution in [1.29, 1.82) is 0 Å². The van der Waals surface area contributed by atoms with Crippen LogP contribution in [0.3, 0.4) is 0 Å². The van der Waals surface area contributed by atoms with Crippen molar-refractivity contribution in [2.75, 3.05) is 24.8 Å². The van der Waals surface area contributed by atoms with E-state index in [0.29, 0.717) is 18.2 Å². The molecule has 0 aliphatic rings. The Hall–Kier alpha value is -2.19. The van der Waals surface area contributed by atoms with E-state index in [0.717, 1.165) is 35.3 Å². The molecule has 8 heteroatoms. The number of methoxy groups -OCH3 is 1. The molecule has 150 valence electrons. The van der Waals surface area contributed by atoms with Crippen LogP contribution in [0.25, 0.3) is 0 Å². The first-order chi connectivity index (χ1) is 12.5. The molecule has 0 saturated carbocycles. The molecule has 0 bridgehead atoms. The highest BCUT2D eigenvalue weighted by molar-refractivity contribution is 7.59. The summed E-state index contributed by atoms with van der Waals surface area (Å²) in [7, 11) is 1.67. The fourth-order valence-electron chi connectivity index (χ4n) is 2.84. The molecular weight excluding hydrogens is 364 g/mol. The number of rotatable bonds is 9. The van der Waals surface area contributed by atoms with Gasteiger partial charge in [-0.3, -0.25) is 0 Å².